The van der Waals surface area contributed by atoms with Gasteiger partial charge in [-0.25, -0.2) is 11.5 Å². The van der Waals surface area contributed by atoms with Crippen LogP contribution >= 0.6 is 0 Å². The SMILES string of the molecule is CCOCC(C#N)[C-]=O.[Na+]. The second-order valence-electron chi connectivity index (χ2n) is 1.46. The molecule has 3 nitrogen and oxygen atoms in total. The van der Waals surface area contributed by atoms with Gasteiger partial charge in [0, 0.05) is 19.3 Å². The number of nitriles is 1. The van der Waals surface area contributed by atoms with Crippen molar-refractivity contribution in [2.75, 3.05) is 13.2 Å². The van der Waals surface area contributed by atoms with Crippen LogP contribution in [-0.2, 0) is 9.53 Å². The van der Waals surface area contributed by atoms with Gasteiger partial charge in [0.25, 0.3) is 0 Å². The van der Waals surface area contributed by atoms with Gasteiger partial charge in [-0.05, 0) is 12.8 Å². The Morgan fingerprint density at radius 2 is 2.40 bits per heavy atom. The van der Waals surface area contributed by atoms with Crippen molar-refractivity contribution in [1.82, 2.24) is 0 Å². The van der Waals surface area contributed by atoms with E-state index in [4.69, 9.17) is 10.00 Å². The van der Waals surface area contributed by atoms with Gasteiger partial charge in [-0.2, -0.15) is 0 Å². The molecule has 0 aliphatic carbocycles. The fourth-order valence-corrected chi connectivity index (χ4v) is 0.333. The third-order valence-electron chi connectivity index (χ3n) is 0.787. The molecule has 0 aliphatic heterocycles. The van der Waals surface area contributed by atoms with E-state index in [0.29, 0.717) is 6.61 Å². The van der Waals surface area contributed by atoms with E-state index in [9.17, 15) is 4.79 Å². The van der Waals surface area contributed by atoms with Crippen molar-refractivity contribution in [2.45, 2.75) is 6.92 Å². The molecular formula is C6H8NNaO2. The molecular weight excluding hydrogens is 141 g/mol. The summed E-state index contributed by atoms with van der Waals surface area (Å²) in [6, 6.07) is 1.74. The van der Waals surface area contributed by atoms with Crippen LogP contribution in [0.1, 0.15) is 6.92 Å². The number of rotatable bonds is 4. The predicted octanol–water partition coefficient (Wildman–Crippen LogP) is -2.72. The predicted molar refractivity (Wildman–Crippen MR) is 31.3 cm³/mol. The van der Waals surface area contributed by atoms with Crippen LogP contribution in [-0.4, -0.2) is 19.5 Å². The summed E-state index contributed by atoms with van der Waals surface area (Å²) in [5.41, 5.74) is 0. The van der Waals surface area contributed by atoms with E-state index in [0.717, 1.165) is 0 Å². The Labute approximate surface area is 82.6 Å². The van der Waals surface area contributed by atoms with Crippen LogP contribution in [0.5, 0.6) is 0 Å². The molecule has 0 saturated carbocycles. The maximum Gasteiger partial charge on any atom is 1.00 e. The molecule has 0 bridgehead atoms. The molecule has 0 aliphatic rings. The van der Waals surface area contributed by atoms with Gasteiger partial charge in [0.05, 0.1) is 0 Å². The molecule has 0 rings (SSSR count). The summed E-state index contributed by atoms with van der Waals surface area (Å²) in [6.07, 6.45) is 1.55. The molecule has 0 heterocycles. The van der Waals surface area contributed by atoms with E-state index in [-0.39, 0.29) is 36.2 Å². The summed E-state index contributed by atoms with van der Waals surface area (Å²) >= 11 is 0. The van der Waals surface area contributed by atoms with Crippen molar-refractivity contribution in [1.29, 1.82) is 5.26 Å². The van der Waals surface area contributed by atoms with Crippen LogP contribution in [0.15, 0.2) is 0 Å². The van der Waals surface area contributed by atoms with Crippen molar-refractivity contribution in [3.8, 4) is 6.07 Å². The van der Waals surface area contributed by atoms with Crippen molar-refractivity contribution in [3.63, 3.8) is 0 Å². The third kappa shape index (κ3) is 6.24. The normalized spacial score (nSPS) is 10.8. The van der Waals surface area contributed by atoms with Gasteiger partial charge >= 0.3 is 29.6 Å². The Balaban J connectivity index is 0. The summed E-state index contributed by atoms with van der Waals surface area (Å²) in [6.45, 7) is 2.50. The minimum absolute atomic E-state index is 0. The minimum Gasteiger partial charge on any atom is -0.540 e. The van der Waals surface area contributed by atoms with Gasteiger partial charge in [0.1, 0.15) is 0 Å². The van der Waals surface area contributed by atoms with Crippen molar-refractivity contribution in [3.05, 3.63) is 0 Å². The summed E-state index contributed by atoms with van der Waals surface area (Å²) < 4.78 is 4.79. The Hall–Kier alpha value is 0.120. The number of hydrogen-bond donors (Lipinski definition) is 0. The largest absolute Gasteiger partial charge is 1.00 e. The van der Waals surface area contributed by atoms with Gasteiger partial charge in [-0.1, -0.05) is 0 Å². The Kier molecular flexibility index (Phi) is 11.6. The zero-order valence-corrected chi connectivity index (χ0v) is 8.26. The zero-order chi connectivity index (χ0) is 7.11. The fourth-order valence-electron chi connectivity index (χ4n) is 0.333. The van der Waals surface area contributed by atoms with Crippen LogP contribution < -0.4 is 29.6 Å². The Morgan fingerprint density at radius 3 is 2.70 bits per heavy atom. The molecule has 10 heavy (non-hydrogen) atoms. The first-order valence-electron chi connectivity index (χ1n) is 2.70. The van der Waals surface area contributed by atoms with E-state index in [1.165, 1.54) is 0 Å². The molecule has 1 atom stereocenters. The molecule has 0 fully saturated rings. The standard InChI is InChI=1S/C6H8NO2.Na/c1-2-9-5-6(3-7)4-8;/h6H,2,5H2,1H3;/q-1;+1. The number of nitrogens with zero attached hydrogens (tertiary/aromatic N) is 1. The molecule has 50 valence electrons. The van der Waals surface area contributed by atoms with E-state index < -0.39 is 5.92 Å². The van der Waals surface area contributed by atoms with Crippen LogP contribution in [0.25, 0.3) is 0 Å². The Bertz CT molecular complexity index is 121. The molecule has 0 radical (unpaired) electrons. The number of carbonyl (C=O) groups excluding carboxylic acids is 1. The van der Waals surface area contributed by atoms with E-state index in [1.54, 1.807) is 19.3 Å². The van der Waals surface area contributed by atoms with Gasteiger partial charge in [-0.3, -0.25) is 0 Å². The zero-order valence-electron chi connectivity index (χ0n) is 6.26. The molecule has 0 saturated heterocycles. The van der Waals surface area contributed by atoms with Crippen molar-refractivity contribution >= 4 is 6.29 Å². The van der Waals surface area contributed by atoms with Crippen molar-refractivity contribution in [2.24, 2.45) is 5.92 Å². The number of hydrogen-bond acceptors (Lipinski definition) is 3. The summed E-state index contributed by atoms with van der Waals surface area (Å²) in [5.74, 6) is -0.718. The van der Waals surface area contributed by atoms with E-state index in [2.05, 4.69) is 0 Å². The number of ether oxygens (including phenoxy) is 1. The average molecular weight is 149 g/mol. The molecule has 4 heteroatoms. The molecule has 0 N–H and O–H groups in total. The summed E-state index contributed by atoms with van der Waals surface area (Å²) in [4.78, 5) is 9.81. The van der Waals surface area contributed by atoms with Gasteiger partial charge in [0.2, 0.25) is 0 Å². The fraction of sp³-hybridized carbons (Fsp3) is 0.667. The molecule has 0 aromatic rings. The Morgan fingerprint density at radius 1 is 1.80 bits per heavy atom. The van der Waals surface area contributed by atoms with Crippen LogP contribution in [0, 0.1) is 17.2 Å². The van der Waals surface area contributed by atoms with E-state index in [1.807, 2.05) is 0 Å². The van der Waals surface area contributed by atoms with Crippen molar-refractivity contribution < 1.29 is 39.1 Å². The van der Waals surface area contributed by atoms with Crippen LogP contribution in [0.3, 0.4) is 0 Å². The summed E-state index contributed by atoms with van der Waals surface area (Å²) in [7, 11) is 0. The maximum absolute atomic E-state index is 9.81. The molecule has 0 amide bonds. The van der Waals surface area contributed by atoms with Crippen LogP contribution in [0.4, 0.5) is 0 Å². The topological polar surface area (TPSA) is 50.1 Å². The first-order chi connectivity index (χ1) is 4.35. The van der Waals surface area contributed by atoms with Gasteiger partial charge in [-0.15, -0.1) is 0 Å². The van der Waals surface area contributed by atoms with E-state index >= 15 is 0 Å². The summed E-state index contributed by atoms with van der Waals surface area (Å²) in [5, 5.41) is 8.16. The molecule has 0 aromatic carbocycles. The first-order valence-corrected chi connectivity index (χ1v) is 2.70. The monoisotopic (exact) mass is 149 g/mol. The smallest absolute Gasteiger partial charge is 0.540 e. The first kappa shape index (κ1) is 12.8. The second-order valence-corrected chi connectivity index (χ2v) is 1.46. The average Bonchev–Trinajstić information content (AvgIpc) is 1.91. The maximum atomic E-state index is 9.81. The molecule has 1 unspecified atom stereocenters. The molecule has 0 spiro atoms. The quantitative estimate of drug-likeness (QED) is 0.322. The molecule has 0 aromatic heterocycles. The van der Waals surface area contributed by atoms with Crippen LogP contribution in [0.2, 0.25) is 0 Å². The minimum atomic E-state index is -0.718. The third-order valence-corrected chi connectivity index (χ3v) is 0.787. The van der Waals surface area contributed by atoms with Gasteiger partial charge < -0.3 is 9.53 Å². The van der Waals surface area contributed by atoms with Gasteiger partial charge in [0.15, 0.2) is 0 Å². The second kappa shape index (κ2) is 9.12.